The Balaban J connectivity index is 0.000000336. The molecule has 0 amide bonds. The molecule has 0 bridgehead atoms. The molecule has 200 valence electrons. The monoisotopic (exact) mass is 512 g/mol. The van der Waals surface area contributed by atoms with Crippen molar-refractivity contribution in [3.8, 4) is 40.2 Å². The van der Waals surface area contributed by atoms with Crippen LogP contribution in [0.15, 0.2) is 54.6 Å². The third kappa shape index (κ3) is 6.58. The Morgan fingerprint density at radius 3 is 1.57 bits per heavy atom. The third-order valence-electron chi connectivity index (χ3n) is 5.56. The lowest BCUT2D eigenvalue weighted by molar-refractivity contribution is -0.122. The van der Waals surface area contributed by atoms with Crippen molar-refractivity contribution in [2.24, 2.45) is 0 Å². The molecule has 1 unspecified atom stereocenters. The topological polar surface area (TPSA) is 81.7 Å². The molecule has 0 spiro atoms. The average Bonchev–Trinajstić information content (AvgIpc) is 2.97. The number of benzene rings is 3. The lowest BCUT2D eigenvalue weighted by atomic mass is 9.84. The molecule has 0 aromatic heterocycles. The van der Waals surface area contributed by atoms with E-state index in [0.717, 1.165) is 11.5 Å². The highest BCUT2D eigenvalue weighted by molar-refractivity contribution is 5.95. The Morgan fingerprint density at radius 2 is 1.11 bits per heavy atom. The Hall–Kier alpha value is -4.07. The van der Waals surface area contributed by atoms with Crippen LogP contribution in [0.4, 0.5) is 0 Å². The van der Waals surface area contributed by atoms with E-state index in [-0.39, 0.29) is 12.4 Å². The molecule has 1 aliphatic heterocycles. The molecule has 0 aliphatic carbocycles. The fourth-order valence-corrected chi connectivity index (χ4v) is 3.92. The molecular formula is C29H36O8. The molecule has 3 aromatic rings. The van der Waals surface area contributed by atoms with Crippen molar-refractivity contribution in [2.45, 2.75) is 19.8 Å². The van der Waals surface area contributed by atoms with Crippen molar-refractivity contribution in [1.29, 1.82) is 0 Å². The summed E-state index contributed by atoms with van der Waals surface area (Å²) in [5.41, 5.74) is 1.30. The Bertz CT molecular complexity index is 1100. The highest BCUT2D eigenvalue weighted by Crippen LogP contribution is 2.49. The van der Waals surface area contributed by atoms with Gasteiger partial charge >= 0.3 is 0 Å². The number of carbonyl (C=O) groups excluding carboxylic acids is 1. The van der Waals surface area contributed by atoms with Crippen LogP contribution in [-0.4, -0.2) is 55.0 Å². The molecule has 0 saturated heterocycles. The van der Waals surface area contributed by atoms with Crippen molar-refractivity contribution in [1.82, 2.24) is 0 Å². The molecule has 4 rings (SSSR count). The Kier molecular flexibility index (Phi) is 11.4. The van der Waals surface area contributed by atoms with E-state index in [1.807, 2.05) is 44.2 Å². The van der Waals surface area contributed by atoms with E-state index in [2.05, 4.69) is 0 Å². The van der Waals surface area contributed by atoms with Crippen molar-refractivity contribution < 1.29 is 38.0 Å². The molecule has 0 saturated carbocycles. The number of hydrogen-bond acceptors (Lipinski definition) is 8. The molecular weight excluding hydrogens is 476 g/mol. The lowest BCUT2D eigenvalue weighted by Gasteiger charge is -2.29. The van der Waals surface area contributed by atoms with E-state index in [4.69, 9.17) is 33.2 Å². The number of Topliss-reactive ketones (excluding diaryl/α,β-unsaturated/α-hetero) is 1. The van der Waals surface area contributed by atoms with Gasteiger partial charge in [-0.3, -0.25) is 4.79 Å². The highest BCUT2D eigenvalue weighted by atomic mass is 16.5. The molecule has 0 N–H and O–H groups in total. The first-order valence-electron chi connectivity index (χ1n) is 11.8. The first kappa shape index (κ1) is 29.2. The van der Waals surface area contributed by atoms with Gasteiger partial charge in [0.2, 0.25) is 0 Å². The molecule has 0 radical (unpaired) electrons. The van der Waals surface area contributed by atoms with Gasteiger partial charge in [-0.25, -0.2) is 0 Å². The third-order valence-corrected chi connectivity index (χ3v) is 5.56. The van der Waals surface area contributed by atoms with Gasteiger partial charge in [-0.2, -0.15) is 0 Å². The van der Waals surface area contributed by atoms with Crippen LogP contribution in [0.25, 0.3) is 0 Å². The smallest absolute Gasteiger partial charge is 0.182 e. The summed E-state index contributed by atoms with van der Waals surface area (Å²) in [6, 6.07) is 16.4. The second-order valence-corrected chi connectivity index (χ2v) is 7.36. The van der Waals surface area contributed by atoms with Crippen LogP contribution in [0, 0.1) is 0 Å². The molecule has 8 nitrogen and oxygen atoms in total. The first-order valence-corrected chi connectivity index (χ1v) is 11.8. The van der Waals surface area contributed by atoms with Gasteiger partial charge in [-0.1, -0.05) is 32.0 Å². The quantitative estimate of drug-likeness (QED) is 0.408. The van der Waals surface area contributed by atoms with E-state index in [9.17, 15) is 4.79 Å². The highest BCUT2D eigenvalue weighted by Gasteiger charge is 2.37. The standard InChI is InChI=1S/C19H20O6.C8H10O2.C2H6/c1-21-11-8-15(24-4)19-16(9-11)25-10-12(20)17(19)18-13(22-2)6-5-7-14(18)23-3;1-9-7-5-3-4-6-8(7)10-2;1-2/h5-9,17H,10H2,1-4H3;3-6H,1-2H3;1-2H3. The van der Waals surface area contributed by atoms with Gasteiger partial charge in [0.15, 0.2) is 17.3 Å². The summed E-state index contributed by atoms with van der Waals surface area (Å²) in [6.45, 7) is 3.95. The predicted octanol–water partition coefficient (Wildman–Crippen LogP) is 5.54. The summed E-state index contributed by atoms with van der Waals surface area (Å²) in [5.74, 6) is 3.63. The number of methoxy groups -OCH3 is 6. The zero-order valence-corrected chi connectivity index (χ0v) is 22.7. The van der Waals surface area contributed by atoms with E-state index in [1.165, 1.54) is 0 Å². The van der Waals surface area contributed by atoms with Gasteiger partial charge < -0.3 is 33.2 Å². The summed E-state index contributed by atoms with van der Waals surface area (Å²) in [6.07, 6.45) is 0. The normalized spacial score (nSPS) is 13.3. The molecule has 37 heavy (non-hydrogen) atoms. The number of ether oxygens (including phenoxy) is 7. The fourth-order valence-electron chi connectivity index (χ4n) is 3.92. The molecule has 3 aromatic carbocycles. The van der Waals surface area contributed by atoms with Crippen LogP contribution in [0.3, 0.4) is 0 Å². The summed E-state index contributed by atoms with van der Waals surface area (Å²) in [7, 11) is 9.48. The van der Waals surface area contributed by atoms with Gasteiger partial charge in [-0.05, 0) is 24.3 Å². The van der Waals surface area contributed by atoms with Crippen molar-refractivity contribution >= 4 is 5.78 Å². The minimum absolute atomic E-state index is 0.0464. The van der Waals surface area contributed by atoms with Crippen LogP contribution >= 0.6 is 0 Å². The van der Waals surface area contributed by atoms with E-state index in [0.29, 0.717) is 39.9 Å². The van der Waals surface area contributed by atoms with Crippen molar-refractivity contribution in [3.63, 3.8) is 0 Å². The lowest BCUT2D eigenvalue weighted by Crippen LogP contribution is -2.28. The fraction of sp³-hybridized carbons (Fsp3) is 0.345. The van der Waals surface area contributed by atoms with Gasteiger partial charge in [0.05, 0.1) is 59.7 Å². The number of para-hydroxylation sites is 2. The molecule has 1 heterocycles. The van der Waals surface area contributed by atoms with Gasteiger partial charge in [0, 0.05) is 12.1 Å². The second-order valence-electron chi connectivity index (χ2n) is 7.36. The van der Waals surface area contributed by atoms with E-state index >= 15 is 0 Å². The van der Waals surface area contributed by atoms with Gasteiger partial charge in [0.1, 0.15) is 35.4 Å². The maximum absolute atomic E-state index is 12.8. The molecule has 1 aliphatic rings. The minimum Gasteiger partial charge on any atom is -0.496 e. The Labute approximate surface area is 219 Å². The maximum Gasteiger partial charge on any atom is 0.182 e. The summed E-state index contributed by atoms with van der Waals surface area (Å²) < 4.78 is 37.4. The summed E-state index contributed by atoms with van der Waals surface area (Å²) in [5, 5.41) is 0. The minimum atomic E-state index is -0.615. The van der Waals surface area contributed by atoms with Crippen molar-refractivity contribution in [2.75, 3.05) is 49.3 Å². The van der Waals surface area contributed by atoms with Crippen LogP contribution in [0.2, 0.25) is 0 Å². The van der Waals surface area contributed by atoms with Crippen molar-refractivity contribution in [3.05, 3.63) is 65.7 Å². The summed E-state index contributed by atoms with van der Waals surface area (Å²) >= 11 is 0. The maximum atomic E-state index is 12.8. The number of rotatable bonds is 7. The van der Waals surface area contributed by atoms with Gasteiger partial charge in [0.25, 0.3) is 0 Å². The number of hydrogen-bond donors (Lipinski definition) is 0. The first-order chi connectivity index (χ1) is 18.0. The van der Waals surface area contributed by atoms with Crippen LogP contribution in [0.5, 0.6) is 40.2 Å². The average molecular weight is 513 g/mol. The number of fused-ring (bicyclic) bond motifs is 1. The van der Waals surface area contributed by atoms with Crippen LogP contribution in [-0.2, 0) is 4.79 Å². The SMILES string of the molecule is CC.COc1cc(OC)c2c(c1)OCC(=O)C2c1c(OC)cccc1OC.COc1ccccc1OC. The summed E-state index contributed by atoms with van der Waals surface area (Å²) in [4.78, 5) is 12.8. The molecule has 8 heteroatoms. The zero-order valence-electron chi connectivity index (χ0n) is 22.7. The molecule has 1 atom stereocenters. The van der Waals surface area contributed by atoms with Crippen LogP contribution < -0.4 is 33.2 Å². The largest absolute Gasteiger partial charge is 0.496 e. The predicted molar refractivity (Wildman–Crippen MR) is 142 cm³/mol. The zero-order chi connectivity index (χ0) is 27.4. The molecule has 0 fully saturated rings. The number of carbonyl (C=O) groups is 1. The van der Waals surface area contributed by atoms with E-state index in [1.54, 1.807) is 66.9 Å². The van der Waals surface area contributed by atoms with E-state index < -0.39 is 5.92 Å². The van der Waals surface area contributed by atoms with Gasteiger partial charge in [-0.15, -0.1) is 0 Å². The second kappa shape index (κ2) is 14.5. The van der Waals surface area contributed by atoms with Crippen LogP contribution in [0.1, 0.15) is 30.9 Å². The number of ketones is 1. The Morgan fingerprint density at radius 1 is 0.622 bits per heavy atom.